The van der Waals surface area contributed by atoms with E-state index in [0.29, 0.717) is 12.2 Å². The molecule has 0 aliphatic rings. The molecule has 0 aliphatic carbocycles. The van der Waals surface area contributed by atoms with E-state index < -0.39 is 0 Å². The van der Waals surface area contributed by atoms with Gasteiger partial charge in [0.25, 0.3) is 0 Å². The Morgan fingerprint density at radius 1 is 1.38 bits per heavy atom. The van der Waals surface area contributed by atoms with Gasteiger partial charge in [0.15, 0.2) is 5.84 Å². The van der Waals surface area contributed by atoms with Crippen LogP contribution in [0.3, 0.4) is 0 Å². The summed E-state index contributed by atoms with van der Waals surface area (Å²) in [6, 6.07) is 12.4. The third-order valence-electron chi connectivity index (χ3n) is 3.35. The lowest BCUT2D eigenvalue weighted by molar-refractivity contribution is 0.318. The van der Waals surface area contributed by atoms with E-state index in [4.69, 9.17) is 10.9 Å². The number of benzene rings is 1. The lowest BCUT2D eigenvalue weighted by Crippen LogP contribution is -2.19. The van der Waals surface area contributed by atoms with Gasteiger partial charge < -0.3 is 16.3 Å². The normalized spacial score (nSPS) is 13.1. The van der Waals surface area contributed by atoms with Crippen molar-refractivity contribution >= 4 is 5.84 Å². The van der Waals surface area contributed by atoms with Crippen LogP contribution >= 0.6 is 0 Å². The monoisotopic (exact) mass is 284 g/mol. The van der Waals surface area contributed by atoms with Crippen molar-refractivity contribution in [2.45, 2.75) is 26.4 Å². The number of hydrogen-bond donors (Lipinski definition) is 3. The first-order valence-electron chi connectivity index (χ1n) is 6.83. The zero-order valence-electron chi connectivity index (χ0n) is 12.2. The maximum atomic E-state index is 8.68. The van der Waals surface area contributed by atoms with Gasteiger partial charge in [0.05, 0.1) is 0 Å². The number of nitrogens with one attached hydrogen (secondary N) is 1. The average molecular weight is 284 g/mol. The topological polar surface area (TPSA) is 83.5 Å². The summed E-state index contributed by atoms with van der Waals surface area (Å²) in [5.41, 5.74) is 9.55. The molecule has 0 spiro atoms. The third kappa shape index (κ3) is 4.03. The third-order valence-corrected chi connectivity index (χ3v) is 3.35. The molecule has 5 heteroatoms. The van der Waals surface area contributed by atoms with Gasteiger partial charge in [-0.05, 0) is 37.1 Å². The Morgan fingerprint density at radius 3 is 2.90 bits per heavy atom. The van der Waals surface area contributed by atoms with Crippen LogP contribution in [0.15, 0.2) is 47.8 Å². The Kier molecular flexibility index (Phi) is 4.90. The van der Waals surface area contributed by atoms with Crippen LogP contribution in [0, 0.1) is 6.92 Å². The lowest BCUT2D eigenvalue weighted by atomic mass is 10.1. The smallest absolute Gasteiger partial charge is 0.188 e. The van der Waals surface area contributed by atoms with Crippen LogP contribution in [0.4, 0.5) is 0 Å². The van der Waals surface area contributed by atoms with E-state index in [0.717, 1.165) is 5.56 Å². The minimum Gasteiger partial charge on any atom is -0.409 e. The molecule has 0 saturated heterocycles. The number of oxime groups is 1. The molecule has 5 nitrogen and oxygen atoms in total. The Bertz CT molecular complexity index is 640. The number of hydrogen-bond acceptors (Lipinski definition) is 4. The molecule has 4 N–H and O–H groups in total. The molecule has 0 amide bonds. The number of rotatable bonds is 5. The second-order valence-corrected chi connectivity index (χ2v) is 5.05. The fourth-order valence-corrected chi connectivity index (χ4v) is 2.10. The first kappa shape index (κ1) is 15.0. The molecule has 1 aromatic carbocycles. The predicted octanol–water partition coefficient (Wildman–Crippen LogP) is 2.34. The van der Waals surface area contributed by atoms with Gasteiger partial charge >= 0.3 is 0 Å². The van der Waals surface area contributed by atoms with E-state index in [1.807, 2.05) is 12.1 Å². The summed E-state index contributed by atoms with van der Waals surface area (Å²) < 4.78 is 0. The highest BCUT2D eigenvalue weighted by atomic mass is 16.4. The van der Waals surface area contributed by atoms with Crippen LogP contribution in [0.25, 0.3) is 0 Å². The molecule has 1 atom stereocenters. The van der Waals surface area contributed by atoms with E-state index in [2.05, 4.69) is 53.6 Å². The number of pyridine rings is 1. The summed E-state index contributed by atoms with van der Waals surface area (Å²) in [4.78, 5) is 4.06. The van der Waals surface area contributed by atoms with Crippen molar-refractivity contribution in [1.29, 1.82) is 0 Å². The fourth-order valence-electron chi connectivity index (χ4n) is 2.10. The highest BCUT2D eigenvalue weighted by Crippen LogP contribution is 2.14. The molecule has 2 aromatic rings. The molecule has 2 rings (SSSR count). The highest BCUT2D eigenvalue weighted by Gasteiger charge is 2.06. The van der Waals surface area contributed by atoms with Crippen molar-refractivity contribution in [3.63, 3.8) is 0 Å². The number of nitrogens with zero attached hydrogens (tertiary/aromatic N) is 2. The predicted molar refractivity (Wildman–Crippen MR) is 83.2 cm³/mol. The van der Waals surface area contributed by atoms with E-state index in [9.17, 15) is 0 Å². The van der Waals surface area contributed by atoms with Crippen LogP contribution in [0.2, 0.25) is 0 Å². The molecule has 0 radical (unpaired) electrons. The Hall–Kier alpha value is -2.40. The quantitative estimate of drug-likeness (QED) is 0.340. The van der Waals surface area contributed by atoms with Crippen molar-refractivity contribution in [1.82, 2.24) is 10.3 Å². The molecule has 0 aliphatic heterocycles. The summed E-state index contributed by atoms with van der Waals surface area (Å²) in [7, 11) is 0. The van der Waals surface area contributed by atoms with E-state index >= 15 is 0 Å². The molecule has 0 saturated carbocycles. The van der Waals surface area contributed by atoms with Crippen molar-refractivity contribution in [2.24, 2.45) is 10.9 Å². The van der Waals surface area contributed by atoms with Crippen molar-refractivity contribution < 1.29 is 5.21 Å². The standard InChI is InChI=1S/C16H20N4O/c1-11-4-3-5-14(8-11)12(2)19-10-13-6-7-18-15(9-13)16(17)20-21/h3-9,12,19,21H,10H2,1-2H3,(H2,17,20)/t12-/m0/s1. The number of aryl methyl sites for hydroxylation is 1. The van der Waals surface area contributed by atoms with E-state index in [1.165, 1.54) is 11.1 Å². The van der Waals surface area contributed by atoms with Gasteiger partial charge in [-0.25, -0.2) is 0 Å². The van der Waals surface area contributed by atoms with Crippen molar-refractivity contribution in [3.8, 4) is 0 Å². The largest absolute Gasteiger partial charge is 0.409 e. The van der Waals surface area contributed by atoms with Crippen LogP contribution in [0.1, 0.15) is 35.3 Å². The molecule has 0 fully saturated rings. The summed E-state index contributed by atoms with van der Waals surface area (Å²) in [5.74, 6) is 0.0172. The van der Waals surface area contributed by atoms with Gasteiger partial charge in [-0.15, -0.1) is 0 Å². The second kappa shape index (κ2) is 6.85. The number of nitrogens with two attached hydrogens (primary N) is 1. The highest BCUT2D eigenvalue weighted by molar-refractivity contribution is 5.95. The number of aromatic nitrogens is 1. The summed E-state index contributed by atoms with van der Waals surface area (Å²) in [5, 5.41) is 15.1. The maximum Gasteiger partial charge on any atom is 0.188 e. The second-order valence-electron chi connectivity index (χ2n) is 5.05. The lowest BCUT2D eigenvalue weighted by Gasteiger charge is -2.15. The first-order chi connectivity index (χ1) is 10.1. The molecule has 1 aromatic heterocycles. The van der Waals surface area contributed by atoms with Crippen molar-refractivity contribution in [2.75, 3.05) is 0 Å². The van der Waals surface area contributed by atoms with Gasteiger partial charge in [-0.2, -0.15) is 0 Å². The number of amidine groups is 1. The van der Waals surface area contributed by atoms with E-state index in [-0.39, 0.29) is 11.9 Å². The van der Waals surface area contributed by atoms with Crippen LogP contribution in [-0.2, 0) is 6.54 Å². The summed E-state index contributed by atoms with van der Waals surface area (Å²) in [6.07, 6.45) is 1.65. The average Bonchev–Trinajstić information content (AvgIpc) is 2.52. The molecule has 21 heavy (non-hydrogen) atoms. The summed E-state index contributed by atoms with van der Waals surface area (Å²) >= 11 is 0. The Labute approximate surface area is 124 Å². The van der Waals surface area contributed by atoms with Gasteiger partial charge in [0.2, 0.25) is 0 Å². The van der Waals surface area contributed by atoms with E-state index in [1.54, 1.807) is 6.20 Å². The Balaban J connectivity index is 2.03. The van der Waals surface area contributed by atoms with Crippen LogP contribution in [-0.4, -0.2) is 16.0 Å². The maximum absolute atomic E-state index is 8.68. The van der Waals surface area contributed by atoms with Crippen LogP contribution in [0.5, 0.6) is 0 Å². The van der Waals surface area contributed by atoms with Gasteiger partial charge in [0, 0.05) is 18.8 Å². The molecular formula is C16H20N4O. The van der Waals surface area contributed by atoms with Gasteiger partial charge in [-0.1, -0.05) is 35.0 Å². The Morgan fingerprint density at radius 2 is 2.19 bits per heavy atom. The molecular weight excluding hydrogens is 264 g/mol. The SMILES string of the molecule is Cc1cccc([C@H](C)NCc2ccnc(/C(N)=N/O)c2)c1. The molecule has 0 bridgehead atoms. The van der Waals surface area contributed by atoms with Crippen molar-refractivity contribution in [3.05, 3.63) is 65.0 Å². The fraction of sp³-hybridized carbons (Fsp3) is 0.250. The molecule has 0 unspecified atom stereocenters. The molecule has 1 heterocycles. The minimum absolute atomic E-state index is 0.0172. The molecule has 110 valence electrons. The van der Waals surface area contributed by atoms with Crippen LogP contribution < -0.4 is 11.1 Å². The van der Waals surface area contributed by atoms with Gasteiger partial charge in [0.1, 0.15) is 5.69 Å². The summed E-state index contributed by atoms with van der Waals surface area (Å²) in [6.45, 7) is 4.89. The minimum atomic E-state index is 0.0172. The zero-order valence-corrected chi connectivity index (χ0v) is 12.2. The van der Waals surface area contributed by atoms with Gasteiger partial charge in [-0.3, -0.25) is 4.98 Å². The zero-order chi connectivity index (χ0) is 15.2. The first-order valence-corrected chi connectivity index (χ1v) is 6.83.